The molecule has 210 valence electrons. The van der Waals surface area contributed by atoms with Gasteiger partial charge < -0.3 is 10.6 Å². The highest BCUT2D eigenvalue weighted by Gasteiger charge is 2.28. The third-order valence-electron chi connectivity index (χ3n) is 5.65. The van der Waals surface area contributed by atoms with Crippen molar-refractivity contribution >= 4 is 21.7 Å². The molecule has 0 unspecified atom stereocenters. The Labute approximate surface area is 222 Å². The molecule has 0 saturated heterocycles. The number of halogens is 4. The van der Waals surface area contributed by atoms with Crippen molar-refractivity contribution in [2.24, 2.45) is 0 Å². The van der Waals surface area contributed by atoms with Crippen LogP contribution in [0.3, 0.4) is 0 Å². The van der Waals surface area contributed by atoms with Gasteiger partial charge in [0, 0.05) is 18.4 Å². The maximum absolute atomic E-state index is 13.0. The summed E-state index contributed by atoms with van der Waals surface area (Å²) in [5, 5.41) is 12.6. The van der Waals surface area contributed by atoms with E-state index in [2.05, 4.69) is 15.6 Å². The van der Waals surface area contributed by atoms with E-state index < -0.39 is 41.0 Å². The summed E-state index contributed by atoms with van der Waals surface area (Å²) in [4.78, 5) is 25.1. The topological polar surface area (TPSA) is 123 Å². The van der Waals surface area contributed by atoms with Gasteiger partial charge in [-0.1, -0.05) is 23.8 Å². The number of nitrogens with one attached hydrogen (secondary N) is 2. The van der Waals surface area contributed by atoms with E-state index in [1.54, 1.807) is 17.4 Å². The molecule has 0 spiro atoms. The van der Waals surface area contributed by atoms with E-state index in [4.69, 9.17) is 0 Å². The molecule has 0 bridgehead atoms. The van der Waals surface area contributed by atoms with Crippen molar-refractivity contribution in [2.75, 3.05) is 19.5 Å². The Morgan fingerprint density at radius 3 is 2.18 bits per heavy atom. The molecule has 0 aliphatic heterocycles. The summed E-state index contributed by atoms with van der Waals surface area (Å²) in [6.07, 6.45) is -1.64. The lowest BCUT2D eigenvalue weighted by atomic mass is 10.1. The van der Waals surface area contributed by atoms with Gasteiger partial charge in [-0.25, -0.2) is 13.1 Å². The molecule has 0 saturated carbocycles. The van der Waals surface area contributed by atoms with Crippen molar-refractivity contribution in [1.82, 2.24) is 25.6 Å². The van der Waals surface area contributed by atoms with Crippen LogP contribution in [0.5, 0.6) is 0 Å². The van der Waals surface area contributed by atoms with Crippen molar-refractivity contribution in [3.63, 3.8) is 0 Å². The molecule has 9 nitrogen and oxygen atoms in total. The Morgan fingerprint density at radius 2 is 1.59 bits per heavy atom. The quantitative estimate of drug-likeness (QED) is 0.254. The normalized spacial score (nSPS) is 11.8. The fraction of sp³-hybridized carbons (Fsp3) is 0.360. The molecule has 2 N–H and O–H groups in total. The van der Waals surface area contributed by atoms with Crippen LogP contribution in [0.25, 0.3) is 5.69 Å². The lowest BCUT2D eigenvalue weighted by Gasteiger charge is -2.11. The highest BCUT2D eigenvalue weighted by atomic mass is 32.2. The molecule has 0 radical (unpaired) electrons. The van der Waals surface area contributed by atoms with E-state index in [1.807, 2.05) is 0 Å². The molecule has 1 aromatic heterocycles. The monoisotopic (exact) mass is 569 g/mol. The SMILES string of the molecule is CS(=O)(=O)c1ccc(CNC(=O)c2nnn(-c3ccc(C(=O)NCC(F)(F)F)cc3)c2CCCCCF)cc1. The van der Waals surface area contributed by atoms with Crippen molar-refractivity contribution in [2.45, 2.75) is 43.3 Å². The third-order valence-corrected chi connectivity index (χ3v) is 6.78. The average Bonchev–Trinajstić information content (AvgIpc) is 3.31. The molecule has 39 heavy (non-hydrogen) atoms. The number of benzene rings is 2. The van der Waals surface area contributed by atoms with Crippen LogP contribution in [0.15, 0.2) is 53.4 Å². The predicted molar refractivity (Wildman–Crippen MR) is 134 cm³/mol. The van der Waals surface area contributed by atoms with Gasteiger partial charge in [0.1, 0.15) is 6.54 Å². The molecule has 3 rings (SSSR count). The Bertz CT molecular complexity index is 1390. The van der Waals surface area contributed by atoms with Crippen molar-refractivity contribution in [3.8, 4) is 5.69 Å². The largest absolute Gasteiger partial charge is 0.405 e. The first kappa shape index (κ1) is 29.7. The van der Waals surface area contributed by atoms with Crippen molar-refractivity contribution < 1.29 is 35.6 Å². The summed E-state index contributed by atoms with van der Waals surface area (Å²) in [6, 6.07) is 11.6. The highest BCUT2D eigenvalue weighted by Crippen LogP contribution is 2.18. The molecule has 14 heteroatoms. The van der Waals surface area contributed by atoms with Gasteiger partial charge in [0.2, 0.25) is 0 Å². The summed E-state index contributed by atoms with van der Waals surface area (Å²) in [6.45, 7) is -1.83. The van der Waals surface area contributed by atoms with Gasteiger partial charge in [-0.15, -0.1) is 5.10 Å². The number of sulfone groups is 1. The smallest absolute Gasteiger partial charge is 0.347 e. The predicted octanol–water partition coefficient (Wildman–Crippen LogP) is 3.58. The van der Waals surface area contributed by atoms with Gasteiger partial charge in [-0.3, -0.25) is 14.0 Å². The number of aromatic nitrogens is 3. The number of carbonyl (C=O) groups excluding carboxylic acids is 2. The maximum atomic E-state index is 13.0. The number of unbranched alkanes of at least 4 members (excludes halogenated alkanes) is 2. The zero-order chi connectivity index (χ0) is 28.6. The van der Waals surface area contributed by atoms with Crippen LogP contribution in [0.1, 0.15) is 51.4 Å². The summed E-state index contributed by atoms with van der Waals surface area (Å²) in [7, 11) is -3.35. The van der Waals surface area contributed by atoms with E-state index in [9.17, 15) is 35.6 Å². The van der Waals surface area contributed by atoms with Crippen LogP contribution >= 0.6 is 0 Å². The molecular formula is C25H27F4N5O4S. The molecule has 0 fully saturated rings. The molecule has 2 amide bonds. The Kier molecular flexibility index (Phi) is 9.78. The molecule has 0 atom stereocenters. The minimum Gasteiger partial charge on any atom is -0.347 e. The summed E-state index contributed by atoms with van der Waals surface area (Å²) in [5.41, 5.74) is 1.56. The van der Waals surface area contributed by atoms with Crippen molar-refractivity contribution in [1.29, 1.82) is 0 Å². The first-order valence-electron chi connectivity index (χ1n) is 11.9. The third kappa shape index (κ3) is 8.60. The molecule has 1 heterocycles. The zero-order valence-electron chi connectivity index (χ0n) is 21.0. The molecule has 3 aromatic rings. The number of amides is 2. The lowest BCUT2D eigenvalue weighted by molar-refractivity contribution is -0.123. The van der Waals surface area contributed by atoms with E-state index in [0.29, 0.717) is 42.6 Å². The van der Waals surface area contributed by atoms with E-state index in [0.717, 1.165) is 6.26 Å². The average molecular weight is 570 g/mol. The van der Waals surface area contributed by atoms with Gasteiger partial charge in [0.05, 0.1) is 23.0 Å². The maximum Gasteiger partial charge on any atom is 0.405 e. The number of alkyl halides is 4. The second-order valence-corrected chi connectivity index (χ2v) is 10.8. The van der Waals surface area contributed by atoms with Crippen LogP contribution in [-0.2, 0) is 22.8 Å². The van der Waals surface area contributed by atoms with Crippen LogP contribution in [0.4, 0.5) is 17.6 Å². The van der Waals surface area contributed by atoms with E-state index in [-0.39, 0.29) is 22.7 Å². The summed E-state index contributed by atoms with van der Waals surface area (Å²) in [5.74, 6) is -1.43. The van der Waals surface area contributed by atoms with E-state index in [1.165, 1.54) is 41.1 Å². The van der Waals surface area contributed by atoms with Gasteiger partial charge >= 0.3 is 6.18 Å². The fourth-order valence-corrected chi connectivity index (χ4v) is 4.26. The lowest BCUT2D eigenvalue weighted by Crippen LogP contribution is -2.33. The standard InChI is InChI=1S/C25H27F4N5O4S/c1-39(37,38)20-12-6-17(7-13-20)15-30-24(36)22-21(5-3-2-4-14-26)34(33-32-22)19-10-8-18(9-11-19)23(35)31-16-25(27,28)29/h6-13H,2-5,14-16H2,1H3,(H,30,36)(H,31,35). The Morgan fingerprint density at radius 1 is 0.923 bits per heavy atom. The molecule has 0 aliphatic carbocycles. The minimum atomic E-state index is -4.54. The van der Waals surface area contributed by atoms with Gasteiger partial charge in [-0.05, 0) is 61.2 Å². The fourth-order valence-electron chi connectivity index (χ4n) is 3.63. The Hall–Kier alpha value is -3.81. The van der Waals surface area contributed by atoms with Crippen LogP contribution in [0.2, 0.25) is 0 Å². The van der Waals surface area contributed by atoms with Crippen LogP contribution < -0.4 is 10.6 Å². The number of hydrogen-bond donors (Lipinski definition) is 2. The summed E-state index contributed by atoms with van der Waals surface area (Å²) < 4.78 is 74.4. The Balaban J connectivity index is 1.77. The molecular weight excluding hydrogens is 542 g/mol. The number of rotatable bonds is 12. The van der Waals surface area contributed by atoms with Gasteiger partial charge in [-0.2, -0.15) is 13.2 Å². The molecule has 0 aliphatic rings. The first-order valence-corrected chi connectivity index (χ1v) is 13.8. The van der Waals surface area contributed by atoms with Gasteiger partial charge in [0.15, 0.2) is 15.5 Å². The summed E-state index contributed by atoms with van der Waals surface area (Å²) >= 11 is 0. The number of nitrogens with zero attached hydrogens (tertiary/aromatic N) is 3. The van der Waals surface area contributed by atoms with Gasteiger partial charge in [0.25, 0.3) is 11.8 Å². The minimum absolute atomic E-state index is 0.00692. The van der Waals surface area contributed by atoms with E-state index >= 15 is 0 Å². The zero-order valence-corrected chi connectivity index (χ0v) is 21.8. The second-order valence-electron chi connectivity index (χ2n) is 8.74. The second kappa shape index (κ2) is 12.8. The van der Waals surface area contributed by atoms with Crippen LogP contribution in [-0.4, -0.2) is 60.9 Å². The molecule has 2 aromatic carbocycles. The van der Waals surface area contributed by atoms with Crippen molar-refractivity contribution in [3.05, 3.63) is 71.0 Å². The van der Waals surface area contributed by atoms with Crippen LogP contribution in [0, 0.1) is 0 Å². The first-order chi connectivity index (χ1) is 18.4. The highest BCUT2D eigenvalue weighted by molar-refractivity contribution is 7.90. The number of hydrogen-bond acceptors (Lipinski definition) is 6. The number of carbonyl (C=O) groups is 2.